The fraction of sp³-hybridized carbons (Fsp3) is 0.143. The van der Waals surface area contributed by atoms with Crippen molar-refractivity contribution < 1.29 is 30.8 Å². The Labute approximate surface area is 185 Å². The molecule has 0 bridgehead atoms. The molecule has 2 N–H and O–H groups in total. The van der Waals surface area contributed by atoms with E-state index in [1.54, 1.807) is 0 Å². The van der Waals surface area contributed by atoms with Crippen molar-refractivity contribution in [1.29, 1.82) is 0 Å². The quantitative estimate of drug-likeness (QED) is 0.213. The topological polar surface area (TPSA) is 62.4 Å². The van der Waals surface area contributed by atoms with Crippen LogP contribution in [0.15, 0.2) is 72.8 Å². The zero-order valence-corrected chi connectivity index (χ0v) is 19.5. The number of benzene rings is 2. The fourth-order valence-electron chi connectivity index (χ4n) is 2.46. The SMILES string of the molecule is CP(C)C.[C-]#[O+].[CH]1C=CC=C1.[Fe].c1ccc2c(c1)N[PH]1(Nc3ccccc3O1)O2. The van der Waals surface area contributed by atoms with Crippen LogP contribution in [0.2, 0.25) is 0 Å². The molecule has 2 aromatic rings. The first kappa shape index (κ1) is 25.3. The van der Waals surface area contributed by atoms with Gasteiger partial charge in [0, 0.05) is 23.5 Å². The number of allylic oxidation sites excluding steroid dienone is 4. The van der Waals surface area contributed by atoms with Gasteiger partial charge >= 0.3 is 110 Å². The van der Waals surface area contributed by atoms with Gasteiger partial charge in [0.05, 0.1) is 0 Å². The summed E-state index contributed by atoms with van der Waals surface area (Å²) < 4.78 is 19.4. The summed E-state index contributed by atoms with van der Waals surface area (Å²) in [5.74, 6) is 1.69. The summed E-state index contributed by atoms with van der Waals surface area (Å²) in [5.41, 5.74) is 1.97. The molecule has 5 nitrogen and oxygen atoms in total. The zero-order valence-electron chi connectivity index (χ0n) is 16.5. The molecule has 0 atom stereocenters. The molecular weight excluding hydrogens is 446 g/mol. The molecule has 2 aromatic carbocycles. The van der Waals surface area contributed by atoms with Crippen LogP contribution in [0.5, 0.6) is 11.5 Å². The summed E-state index contributed by atoms with van der Waals surface area (Å²) >= 11 is 0. The summed E-state index contributed by atoms with van der Waals surface area (Å²) in [7, 11) is -2.20. The first-order valence-corrected chi connectivity index (χ1v) is 13.2. The van der Waals surface area contributed by atoms with E-state index in [0.29, 0.717) is 7.92 Å². The third-order valence-electron chi connectivity index (χ3n) is 3.44. The predicted octanol–water partition coefficient (Wildman–Crippen LogP) is 6.04. The molecule has 155 valence electrons. The van der Waals surface area contributed by atoms with Gasteiger partial charge in [-0.25, -0.2) is 0 Å². The molecule has 1 spiro atoms. The molecule has 0 saturated heterocycles. The Bertz CT molecular complexity index is 737. The van der Waals surface area contributed by atoms with Crippen molar-refractivity contribution in [3.63, 3.8) is 0 Å². The molecule has 0 aromatic heterocycles. The molecule has 0 saturated carbocycles. The number of fused-ring (bicyclic) bond motifs is 2. The summed E-state index contributed by atoms with van der Waals surface area (Å²) in [6.07, 6.45) is 10.0. The Morgan fingerprint density at radius 2 is 1.14 bits per heavy atom. The van der Waals surface area contributed by atoms with Crippen LogP contribution in [-0.2, 0) is 21.7 Å². The van der Waals surface area contributed by atoms with Crippen LogP contribution >= 0.6 is 15.9 Å². The first-order valence-electron chi connectivity index (χ1n) is 8.68. The van der Waals surface area contributed by atoms with Crippen molar-refractivity contribution in [2.75, 3.05) is 30.2 Å². The number of anilines is 2. The van der Waals surface area contributed by atoms with Gasteiger partial charge in [0.2, 0.25) is 0 Å². The second kappa shape index (κ2) is 12.7. The first-order chi connectivity index (χ1) is 13.6. The van der Waals surface area contributed by atoms with Gasteiger partial charge in [-0.05, 0) is 20.0 Å². The standard InChI is InChI=1S/C12H11N2O2P.C5H5.C3H9P.CO.Fe/c1-3-7-11-9(5-1)13-17(15-11)14-10-6-2-4-8-12(10)16-17;1-2-4-5-3-1;1-4(2)3;1-2;/h1-8,13-14,17H;1-5H;1-3H3;;. The molecule has 0 amide bonds. The fourth-order valence-corrected chi connectivity index (χ4v) is 4.86. The van der Waals surface area contributed by atoms with Crippen LogP contribution in [0.4, 0.5) is 11.4 Å². The number of hydrogen-bond acceptors (Lipinski definition) is 4. The normalized spacial score (nSPS) is 15.7. The van der Waals surface area contributed by atoms with Gasteiger partial charge in [-0.1, -0.05) is 24.3 Å². The second-order valence-corrected chi connectivity index (χ2v) is 11.2. The van der Waals surface area contributed by atoms with Crippen molar-refractivity contribution in [1.82, 2.24) is 0 Å². The summed E-state index contributed by atoms with van der Waals surface area (Å²) in [4.78, 5) is 0. The van der Waals surface area contributed by atoms with Crippen molar-refractivity contribution >= 4 is 27.3 Å². The molecule has 1 aliphatic carbocycles. The third-order valence-corrected chi connectivity index (χ3v) is 5.65. The van der Waals surface area contributed by atoms with Crippen molar-refractivity contribution in [3.05, 3.63) is 85.9 Å². The molecule has 0 fully saturated rings. The van der Waals surface area contributed by atoms with Crippen LogP contribution in [0, 0.1) is 13.1 Å². The van der Waals surface area contributed by atoms with Gasteiger partial charge in [-0.15, -0.1) is 7.92 Å². The van der Waals surface area contributed by atoms with Gasteiger partial charge in [-0.2, -0.15) is 0 Å². The minimum atomic E-state index is -2.58. The van der Waals surface area contributed by atoms with Crippen molar-refractivity contribution in [2.24, 2.45) is 0 Å². The molecule has 1 radical (unpaired) electrons. The molecule has 8 heteroatoms. The maximum absolute atomic E-state index is 7.50. The average molecular weight is 471 g/mol. The van der Waals surface area contributed by atoms with Crippen LogP contribution in [0.1, 0.15) is 0 Å². The summed E-state index contributed by atoms with van der Waals surface area (Å²) in [5, 5.41) is 6.68. The maximum atomic E-state index is 7.50. The Hall–Kier alpha value is -1.76. The van der Waals surface area contributed by atoms with Crippen LogP contribution < -0.4 is 19.2 Å². The molecule has 2 heterocycles. The Morgan fingerprint density at radius 3 is 1.45 bits per heavy atom. The van der Waals surface area contributed by atoms with E-state index in [0.717, 1.165) is 22.9 Å². The van der Waals surface area contributed by atoms with Gasteiger partial charge in [-0.3, -0.25) is 0 Å². The van der Waals surface area contributed by atoms with Gasteiger partial charge in [0.15, 0.2) is 0 Å². The van der Waals surface area contributed by atoms with E-state index in [9.17, 15) is 0 Å². The van der Waals surface area contributed by atoms with E-state index in [2.05, 4.69) is 36.8 Å². The van der Waals surface area contributed by atoms with E-state index in [1.807, 2.05) is 79.3 Å². The number of rotatable bonds is 0. The average Bonchev–Trinajstić information content (AvgIpc) is 3.42. The Morgan fingerprint density at radius 1 is 0.759 bits per heavy atom. The number of nitrogens with one attached hydrogen (secondary N) is 2. The second-order valence-electron chi connectivity index (χ2n) is 6.37. The minimum absolute atomic E-state index is 0. The summed E-state index contributed by atoms with van der Waals surface area (Å²) in [6, 6.07) is 15.7. The van der Waals surface area contributed by atoms with E-state index >= 15 is 0 Å². The molecular formula is C21H25FeN2O3P2. The monoisotopic (exact) mass is 471 g/mol. The van der Waals surface area contributed by atoms with Gasteiger partial charge in [0.25, 0.3) is 0 Å². The van der Waals surface area contributed by atoms with E-state index in [1.165, 1.54) is 0 Å². The van der Waals surface area contributed by atoms with E-state index < -0.39 is 8.02 Å². The molecule has 0 unspecified atom stereocenters. The number of hydrogen-bond donors (Lipinski definition) is 2. The Kier molecular flexibility index (Phi) is 11.1. The Balaban J connectivity index is 0.000000295. The molecule has 5 rings (SSSR count). The van der Waals surface area contributed by atoms with Crippen LogP contribution in [0.3, 0.4) is 0 Å². The van der Waals surface area contributed by atoms with E-state index in [4.69, 9.17) is 13.7 Å². The predicted molar refractivity (Wildman–Crippen MR) is 121 cm³/mol. The molecule has 3 aliphatic rings. The van der Waals surface area contributed by atoms with Gasteiger partial charge < -0.3 is 0 Å². The van der Waals surface area contributed by atoms with E-state index in [-0.39, 0.29) is 17.1 Å². The summed E-state index contributed by atoms with van der Waals surface area (Å²) in [6.45, 7) is 11.2. The van der Waals surface area contributed by atoms with Crippen molar-refractivity contribution in [3.8, 4) is 11.5 Å². The van der Waals surface area contributed by atoms with Crippen LogP contribution in [0.25, 0.3) is 0 Å². The van der Waals surface area contributed by atoms with Gasteiger partial charge in [0.1, 0.15) is 0 Å². The third kappa shape index (κ3) is 7.53. The van der Waals surface area contributed by atoms with Crippen molar-refractivity contribution in [2.45, 2.75) is 0 Å². The number of para-hydroxylation sites is 4. The van der Waals surface area contributed by atoms with Crippen LogP contribution in [-0.4, -0.2) is 20.0 Å². The zero-order chi connectivity index (χ0) is 20.4. The molecule has 29 heavy (non-hydrogen) atoms. The molecule has 2 aliphatic heterocycles.